The van der Waals surface area contributed by atoms with E-state index in [1.165, 1.54) is 0 Å². The molecule has 5 heteroatoms. The third-order valence-electron chi connectivity index (χ3n) is 3.38. The Labute approximate surface area is 141 Å². The van der Waals surface area contributed by atoms with E-state index in [0.717, 1.165) is 11.3 Å². The average Bonchev–Trinajstić information content (AvgIpc) is 2.58. The number of benzene rings is 2. The predicted octanol–water partition coefficient (Wildman–Crippen LogP) is 3.19. The van der Waals surface area contributed by atoms with Gasteiger partial charge in [0.2, 0.25) is 5.91 Å². The molecule has 1 unspecified atom stereocenters. The smallest absolute Gasteiger partial charge is 0.234 e. The molecule has 4 nitrogen and oxygen atoms in total. The lowest BCUT2D eigenvalue weighted by molar-refractivity contribution is -0.120. The molecule has 2 rings (SSSR count). The van der Waals surface area contributed by atoms with Gasteiger partial charge in [0.1, 0.15) is 12.4 Å². The maximum absolute atomic E-state index is 11.8. The van der Waals surface area contributed by atoms with Crippen LogP contribution in [0.5, 0.6) is 5.75 Å². The van der Waals surface area contributed by atoms with Crippen molar-refractivity contribution < 1.29 is 9.53 Å². The van der Waals surface area contributed by atoms with E-state index in [1.54, 1.807) is 0 Å². The molecule has 0 aliphatic carbocycles. The predicted molar refractivity (Wildman–Crippen MR) is 92.8 cm³/mol. The normalized spacial score (nSPS) is 11.7. The van der Waals surface area contributed by atoms with Gasteiger partial charge >= 0.3 is 0 Å². The Morgan fingerprint density at radius 3 is 2.57 bits per heavy atom. The van der Waals surface area contributed by atoms with E-state index in [9.17, 15) is 4.79 Å². The molecule has 0 spiro atoms. The van der Waals surface area contributed by atoms with Crippen molar-refractivity contribution in [2.45, 2.75) is 13.0 Å². The molecule has 2 aromatic rings. The summed E-state index contributed by atoms with van der Waals surface area (Å²) in [5.74, 6) is 0.729. The van der Waals surface area contributed by atoms with E-state index in [-0.39, 0.29) is 18.5 Å². The molecule has 0 aromatic heterocycles. The molecule has 2 aromatic carbocycles. The second-order valence-corrected chi connectivity index (χ2v) is 5.54. The van der Waals surface area contributed by atoms with E-state index < -0.39 is 0 Å². The number of halogens is 1. The van der Waals surface area contributed by atoms with Crippen molar-refractivity contribution in [3.8, 4) is 5.75 Å². The molecular weight excluding hydrogens is 312 g/mol. The second-order valence-electron chi connectivity index (χ2n) is 5.14. The van der Waals surface area contributed by atoms with Gasteiger partial charge in [-0.05, 0) is 30.7 Å². The first-order valence-electron chi connectivity index (χ1n) is 7.59. The highest BCUT2D eigenvalue weighted by atomic mass is 35.5. The molecular formula is C18H21ClN2O2. The van der Waals surface area contributed by atoms with Crippen LogP contribution in [0.2, 0.25) is 5.02 Å². The number of ether oxygens (including phenoxy) is 1. The lowest BCUT2D eigenvalue weighted by Crippen LogP contribution is -2.37. The van der Waals surface area contributed by atoms with E-state index in [2.05, 4.69) is 10.6 Å². The van der Waals surface area contributed by atoms with E-state index >= 15 is 0 Å². The third kappa shape index (κ3) is 5.93. The van der Waals surface area contributed by atoms with Crippen LogP contribution in [0.3, 0.4) is 0 Å². The van der Waals surface area contributed by atoms with Gasteiger partial charge in [-0.3, -0.25) is 4.79 Å². The number of carbonyl (C=O) groups excluding carboxylic acids is 1. The number of para-hydroxylation sites is 1. The summed E-state index contributed by atoms with van der Waals surface area (Å²) >= 11 is 6.14. The van der Waals surface area contributed by atoms with Gasteiger partial charge in [0.25, 0.3) is 0 Å². The van der Waals surface area contributed by atoms with E-state index in [1.807, 2.05) is 61.5 Å². The summed E-state index contributed by atoms with van der Waals surface area (Å²) in [5, 5.41) is 6.67. The van der Waals surface area contributed by atoms with Gasteiger partial charge in [-0.15, -0.1) is 0 Å². The Morgan fingerprint density at radius 1 is 1.13 bits per heavy atom. The zero-order chi connectivity index (χ0) is 16.5. The zero-order valence-electron chi connectivity index (χ0n) is 13.1. The van der Waals surface area contributed by atoms with E-state index in [4.69, 9.17) is 16.3 Å². The van der Waals surface area contributed by atoms with Crippen molar-refractivity contribution in [2.24, 2.45) is 0 Å². The standard InChI is InChI=1S/C18H21ClN2O2/c1-14(16-9-5-6-10-17(16)19)21-13-18(22)20-11-12-23-15-7-3-2-4-8-15/h2-10,14,21H,11-13H2,1H3,(H,20,22). The molecule has 122 valence electrons. The van der Waals surface area contributed by atoms with Crippen LogP contribution >= 0.6 is 11.6 Å². The van der Waals surface area contributed by atoms with Crippen LogP contribution in [0.4, 0.5) is 0 Å². The number of nitrogens with one attached hydrogen (secondary N) is 2. The average molecular weight is 333 g/mol. The molecule has 0 fully saturated rings. The second kappa shape index (κ2) is 9.18. The van der Waals surface area contributed by atoms with Crippen LogP contribution < -0.4 is 15.4 Å². The quantitative estimate of drug-likeness (QED) is 0.730. The van der Waals surface area contributed by atoms with Crippen LogP contribution in [0.25, 0.3) is 0 Å². The topological polar surface area (TPSA) is 50.4 Å². The van der Waals surface area contributed by atoms with Gasteiger partial charge < -0.3 is 15.4 Å². The first-order valence-corrected chi connectivity index (χ1v) is 7.97. The summed E-state index contributed by atoms with van der Waals surface area (Å²) < 4.78 is 5.51. The molecule has 0 aliphatic heterocycles. The van der Waals surface area contributed by atoms with Gasteiger partial charge in [-0.25, -0.2) is 0 Å². The summed E-state index contributed by atoms with van der Waals surface area (Å²) in [6, 6.07) is 17.1. The molecule has 1 amide bonds. The Hall–Kier alpha value is -2.04. The Balaban J connectivity index is 1.64. The fraction of sp³-hybridized carbons (Fsp3) is 0.278. The van der Waals surface area contributed by atoms with Gasteiger partial charge in [0.15, 0.2) is 0 Å². The maximum atomic E-state index is 11.8. The molecule has 0 saturated heterocycles. The van der Waals surface area contributed by atoms with Crippen LogP contribution in [0, 0.1) is 0 Å². The largest absolute Gasteiger partial charge is 0.492 e. The van der Waals surface area contributed by atoms with Gasteiger partial charge in [-0.2, -0.15) is 0 Å². The van der Waals surface area contributed by atoms with Crippen molar-refractivity contribution in [3.63, 3.8) is 0 Å². The van der Waals surface area contributed by atoms with Crippen molar-refractivity contribution in [2.75, 3.05) is 19.7 Å². The minimum atomic E-state index is -0.0689. The monoisotopic (exact) mass is 332 g/mol. The van der Waals surface area contributed by atoms with Gasteiger partial charge in [-0.1, -0.05) is 48.0 Å². The number of carbonyl (C=O) groups is 1. The van der Waals surface area contributed by atoms with Crippen LogP contribution in [-0.4, -0.2) is 25.6 Å². The van der Waals surface area contributed by atoms with Crippen LogP contribution in [-0.2, 0) is 4.79 Å². The van der Waals surface area contributed by atoms with Crippen LogP contribution in [0.1, 0.15) is 18.5 Å². The van der Waals surface area contributed by atoms with Crippen molar-refractivity contribution in [3.05, 3.63) is 65.2 Å². The summed E-state index contributed by atoms with van der Waals surface area (Å²) in [4.78, 5) is 11.8. The number of rotatable bonds is 8. The highest BCUT2D eigenvalue weighted by Gasteiger charge is 2.10. The highest BCUT2D eigenvalue weighted by Crippen LogP contribution is 2.21. The van der Waals surface area contributed by atoms with Crippen molar-refractivity contribution in [1.82, 2.24) is 10.6 Å². The Kier molecular flexibility index (Phi) is 6.91. The molecule has 0 bridgehead atoms. The fourth-order valence-electron chi connectivity index (χ4n) is 2.12. The van der Waals surface area contributed by atoms with Crippen molar-refractivity contribution in [1.29, 1.82) is 0 Å². The lowest BCUT2D eigenvalue weighted by Gasteiger charge is -2.15. The summed E-state index contributed by atoms with van der Waals surface area (Å²) in [6.45, 7) is 3.12. The molecule has 0 radical (unpaired) electrons. The molecule has 2 N–H and O–H groups in total. The van der Waals surface area contributed by atoms with Gasteiger partial charge in [0.05, 0.1) is 13.1 Å². The Morgan fingerprint density at radius 2 is 1.83 bits per heavy atom. The third-order valence-corrected chi connectivity index (χ3v) is 3.72. The number of hydrogen-bond acceptors (Lipinski definition) is 3. The molecule has 23 heavy (non-hydrogen) atoms. The molecule has 0 saturated carbocycles. The summed E-state index contributed by atoms with van der Waals surface area (Å²) in [5.41, 5.74) is 0.981. The fourth-order valence-corrected chi connectivity index (χ4v) is 2.42. The summed E-state index contributed by atoms with van der Waals surface area (Å²) in [6.07, 6.45) is 0. The Bertz CT molecular complexity index is 619. The first-order chi connectivity index (χ1) is 11.2. The number of hydrogen-bond donors (Lipinski definition) is 2. The first kappa shape index (κ1) is 17.3. The molecule has 0 aliphatic rings. The SMILES string of the molecule is CC(NCC(=O)NCCOc1ccccc1)c1ccccc1Cl. The number of amides is 1. The molecule has 0 heterocycles. The maximum Gasteiger partial charge on any atom is 0.234 e. The van der Waals surface area contributed by atoms with Crippen molar-refractivity contribution >= 4 is 17.5 Å². The molecule has 1 atom stereocenters. The lowest BCUT2D eigenvalue weighted by atomic mass is 10.1. The highest BCUT2D eigenvalue weighted by molar-refractivity contribution is 6.31. The van der Waals surface area contributed by atoms with E-state index in [0.29, 0.717) is 18.2 Å². The van der Waals surface area contributed by atoms with Gasteiger partial charge in [0, 0.05) is 11.1 Å². The minimum Gasteiger partial charge on any atom is -0.492 e. The zero-order valence-corrected chi connectivity index (χ0v) is 13.8. The van der Waals surface area contributed by atoms with Crippen LogP contribution in [0.15, 0.2) is 54.6 Å². The summed E-state index contributed by atoms with van der Waals surface area (Å²) in [7, 11) is 0. The minimum absolute atomic E-state index is 0.00928.